The van der Waals surface area contributed by atoms with Gasteiger partial charge in [0.1, 0.15) is 11.5 Å². The molecule has 0 atom stereocenters. The van der Waals surface area contributed by atoms with E-state index in [1.807, 2.05) is 54.6 Å². The van der Waals surface area contributed by atoms with Crippen LogP contribution in [0.4, 0.5) is 0 Å². The normalized spacial score (nSPS) is 10.6. The zero-order valence-corrected chi connectivity index (χ0v) is 12.6. The van der Waals surface area contributed by atoms with Crippen LogP contribution < -0.4 is 4.74 Å². The van der Waals surface area contributed by atoms with Gasteiger partial charge >= 0.3 is 0 Å². The van der Waals surface area contributed by atoms with Gasteiger partial charge in [0.2, 0.25) is 0 Å². The van der Waals surface area contributed by atoms with Crippen molar-refractivity contribution in [1.29, 1.82) is 0 Å². The second-order valence-electron chi connectivity index (χ2n) is 5.07. The first-order chi connectivity index (χ1) is 11.3. The molecule has 0 unspecified atom stereocenters. The van der Waals surface area contributed by atoms with Crippen LogP contribution in [0.15, 0.2) is 78.9 Å². The molecule has 0 saturated carbocycles. The monoisotopic (exact) mass is 300 g/mol. The summed E-state index contributed by atoms with van der Waals surface area (Å²) in [5.41, 5.74) is 2.79. The Morgan fingerprint density at radius 1 is 0.652 bits per heavy atom. The molecule has 0 N–H and O–H groups in total. The first kappa shape index (κ1) is 14.8. The van der Waals surface area contributed by atoms with Crippen molar-refractivity contribution in [2.45, 2.75) is 0 Å². The maximum atomic E-state index is 11.0. The fourth-order valence-electron chi connectivity index (χ4n) is 2.20. The van der Waals surface area contributed by atoms with Crippen molar-refractivity contribution >= 4 is 18.4 Å². The third-order valence-electron chi connectivity index (χ3n) is 3.42. The van der Waals surface area contributed by atoms with Crippen molar-refractivity contribution < 1.29 is 9.53 Å². The molecule has 0 spiro atoms. The number of aldehydes is 1. The topological polar surface area (TPSA) is 26.3 Å². The molecular formula is C21H16O2. The molecule has 23 heavy (non-hydrogen) atoms. The average molecular weight is 300 g/mol. The molecule has 2 nitrogen and oxygen atoms in total. The molecule has 0 fully saturated rings. The number of rotatable bonds is 5. The van der Waals surface area contributed by atoms with Gasteiger partial charge in [-0.3, -0.25) is 4.79 Å². The quantitative estimate of drug-likeness (QED) is 0.462. The summed E-state index contributed by atoms with van der Waals surface area (Å²) in [5, 5.41) is 0. The van der Waals surface area contributed by atoms with Gasteiger partial charge in [-0.1, -0.05) is 66.7 Å². The summed E-state index contributed by atoms with van der Waals surface area (Å²) in [6.07, 6.45) is 4.92. The number of carbonyl (C=O) groups excluding carboxylic acids is 1. The van der Waals surface area contributed by atoms with E-state index in [-0.39, 0.29) is 0 Å². The molecule has 0 saturated heterocycles. The molecule has 2 heteroatoms. The Bertz CT molecular complexity index is 803. The van der Waals surface area contributed by atoms with E-state index in [1.54, 1.807) is 12.1 Å². The van der Waals surface area contributed by atoms with Gasteiger partial charge < -0.3 is 4.74 Å². The van der Waals surface area contributed by atoms with Crippen molar-refractivity contribution in [3.05, 3.63) is 95.6 Å². The fourth-order valence-corrected chi connectivity index (χ4v) is 2.20. The van der Waals surface area contributed by atoms with Crippen LogP contribution in [0.5, 0.6) is 11.5 Å². The number of benzene rings is 3. The van der Waals surface area contributed by atoms with Crippen LogP contribution in [0.2, 0.25) is 0 Å². The second-order valence-corrected chi connectivity index (χ2v) is 5.07. The number of para-hydroxylation sites is 1. The minimum atomic E-state index is 0.542. The lowest BCUT2D eigenvalue weighted by Crippen LogP contribution is -1.89. The molecule has 0 aromatic heterocycles. The molecule has 0 amide bonds. The molecule has 0 aliphatic heterocycles. The Hall–Kier alpha value is -3.13. The highest BCUT2D eigenvalue weighted by Crippen LogP contribution is 2.24. The summed E-state index contributed by atoms with van der Waals surface area (Å²) in [6.45, 7) is 0. The van der Waals surface area contributed by atoms with Gasteiger partial charge in [0.15, 0.2) is 6.29 Å². The van der Waals surface area contributed by atoms with Crippen molar-refractivity contribution in [2.75, 3.05) is 0 Å². The molecule has 3 aromatic rings. The van der Waals surface area contributed by atoms with E-state index in [9.17, 15) is 4.79 Å². The Morgan fingerprint density at radius 3 is 1.96 bits per heavy atom. The van der Waals surface area contributed by atoms with Gasteiger partial charge in [-0.2, -0.15) is 0 Å². The molecule has 3 rings (SSSR count). The van der Waals surface area contributed by atoms with Crippen LogP contribution in [0.25, 0.3) is 12.2 Å². The summed E-state index contributed by atoms with van der Waals surface area (Å²) in [5.74, 6) is 1.27. The predicted molar refractivity (Wildman–Crippen MR) is 93.7 cm³/mol. The van der Waals surface area contributed by atoms with E-state index in [4.69, 9.17) is 4.74 Å². The summed E-state index contributed by atoms with van der Waals surface area (Å²) in [4.78, 5) is 11.0. The lowest BCUT2D eigenvalue weighted by molar-refractivity contribution is 0.112. The van der Waals surface area contributed by atoms with Gasteiger partial charge in [0.25, 0.3) is 0 Å². The van der Waals surface area contributed by atoms with Crippen molar-refractivity contribution in [3.63, 3.8) is 0 Å². The Kier molecular flexibility index (Phi) is 4.65. The first-order valence-electron chi connectivity index (χ1n) is 7.40. The second kappa shape index (κ2) is 7.23. The van der Waals surface area contributed by atoms with E-state index in [0.717, 1.165) is 17.4 Å². The molecule has 112 valence electrons. The van der Waals surface area contributed by atoms with E-state index in [0.29, 0.717) is 17.1 Å². The highest BCUT2D eigenvalue weighted by molar-refractivity contribution is 5.79. The lowest BCUT2D eigenvalue weighted by Gasteiger charge is -2.07. The van der Waals surface area contributed by atoms with Crippen LogP contribution in [-0.4, -0.2) is 6.29 Å². The van der Waals surface area contributed by atoms with E-state index in [2.05, 4.69) is 24.3 Å². The molecule has 0 aliphatic carbocycles. The van der Waals surface area contributed by atoms with E-state index in [1.165, 1.54) is 0 Å². The van der Waals surface area contributed by atoms with Crippen LogP contribution >= 0.6 is 0 Å². The van der Waals surface area contributed by atoms with Crippen molar-refractivity contribution in [1.82, 2.24) is 0 Å². The Labute approximate surface area is 135 Å². The summed E-state index contributed by atoms with van der Waals surface area (Å²) >= 11 is 0. The van der Waals surface area contributed by atoms with Gasteiger partial charge in [-0.15, -0.1) is 0 Å². The molecule has 0 aliphatic rings. The van der Waals surface area contributed by atoms with Crippen LogP contribution in [0, 0.1) is 0 Å². The van der Waals surface area contributed by atoms with Crippen LogP contribution in [0.1, 0.15) is 21.5 Å². The molecule has 3 aromatic carbocycles. The summed E-state index contributed by atoms with van der Waals surface area (Å²) in [7, 11) is 0. The summed E-state index contributed by atoms with van der Waals surface area (Å²) < 4.78 is 5.76. The third kappa shape index (κ3) is 3.95. The number of hydrogen-bond donors (Lipinski definition) is 0. The highest BCUT2D eigenvalue weighted by atomic mass is 16.5. The number of ether oxygens (including phenoxy) is 1. The zero-order chi connectivity index (χ0) is 15.9. The molecular weight excluding hydrogens is 284 g/mol. The van der Waals surface area contributed by atoms with Crippen molar-refractivity contribution in [3.8, 4) is 11.5 Å². The first-order valence-corrected chi connectivity index (χ1v) is 7.40. The Balaban J connectivity index is 1.72. The average Bonchev–Trinajstić information content (AvgIpc) is 2.62. The lowest BCUT2D eigenvalue weighted by atomic mass is 10.1. The highest BCUT2D eigenvalue weighted by Gasteiger charge is 2.02. The van der Waals surface area contributed by atoms with Gasteiger partial charge in [0.05, 0.1) is 5.56 Å². The minimum Gasteiger partial charge on any atom is -0.457 e. The minimum absolute atomic E-state index is 0.542. The third-order valence-corrected chi connectivity index (χ3v) is 3.42. The van der Waals surface area contributed by atoms with Crippen LogP contribution in [-0.2, 0) is 0 Å². The number of hydrogen-bond acceptors (Lipinski definition) is 2. The zero-order valence-electron chi connectivity index (χ0n) is 12.6. The van der Waals surface area contributed by atoms with Gasteiger partial charge in [-0.25, -0.2) is 0 Å². The number of carbonyl (C=O) groups is 1. The standard InChI is InChI=1S/C21H16O2/c22-16-19-8-4-5-9-21(19)23-20-14-12-18(13-15-20)11-10-17-6-2-1-3-7-17/h1-16H. The molecule has 0 bridgehead atoms. The maximum absolute atomic E-state index is 11.0. The van der Waals surface area contributed by atoms with E-state index >= 15 is 0 Å². The van der Waals surface area contributed by atoms with Crippen molar-refractivity contribution in [2.24, 2.45) is 0 Å². The largest absolute Gasteiger partial charge is 0.457 e. The Morgan fingerprint density at radius 2 is 1.26 bits per heavy atom. The maximum Gasteiger partial charge on any atom is 0.153 e. The predicted octanol–water partition coefficient (Wildman–Crippen LogP) is 5.46. The fraction of sp³-hybridized carbons (Fsp3) is 0. The van der Waals surface area contributed by atoms with Crippen LogP contribution in [0.3, 0.4) is 0 Å². The van der Waals surface area contributed by atoms with E-state index < -0.39 is 0 Å². The SMILES string of the molecule is O=Cc1ccccc1Oc1ccc(C=Cc2ccccc2)cc1. The summed E-state index contributed by atoms with van der Waals surface area (Å²) in [6, 6.07) is 25.1. The van der Waals surface area contributed by atoms with Gasteiger partial charge in [0, 0.05) is 0 Å². The molecule has 0 heterocycles. The smallest absolute Gasteiger partial charge is 0.153 e. The van der Waals surface area contributed by atoms with Gasteiger partial charge in [-0.05, 0) is 35.4 Å². The molecule has 0 radical (unpaired) electrons.